The van der Waals surface area contributed by atoms with E-state index in [1.54, 1.807) is 11.9 Å². The third-order valence-corrected chi connectivity index (χ3v) is 4.28. The van der Waals surface area contributed by atoms with Gasteiger partial charge < -0.3 is 20.4 Å². The van der Waals surface area contributed by atoms with E-state index in [1.165, 1.54) is 6.42 Å². The molecule has 0 aromatic carbocycles. The summed E-state index contributed by atoms with van der Waals surface area (Å²) in [6, 6.07) is -1.21. The molecule has 1 aliphatic carbocycles. The van der Waals surface area contributed by atoms with Crippen molar-refractivity contribution in [3.05, 3.63) is 0 Å². The number of nitrogens with zero attached hydrogens (tertiary/aromatic N) is 1. The van der Waals surface area contributed by atoms with Crippen LogP contribution in [0.3, 0.4) is 0 Å². The summed E-state index contributed by atoms with van der Waals surface area (Å²) in [4.78, 5) is 24.6. The summed E-state index contributed by atoms with van der Waals surface area (Å²) in [5.41, 5.74) is 0. The van der Waals surface area contributed by atoms with Crippen molar-refractivity contribution in [2.45, 2.75) is 57.5 Å². The second-order valence-electron chi connectivity index (χ2n) is 5.55. The largest absolute Gasteiger partial charge is 0.480 e. The molecule has 6 nitrogen and oxygen atoms in total. The van der Waals surface area contributed by atoms with Crippen molar-refractivity contribution in [2.75, 3.05) is 13.7 Å². The lowest BCUT2D eigenvalue weighted by atomic mass is 9.84. The smallest absolute Gasteiger partial charge is 0.326 e. The number of aliphatic carboxylic acids is 1. The lowest BCUT2D eigenvalue weighted by Crippen LogP contribution is -2.50. The predicted molar refractivity (Wildman–Crippen MR) is 75.5 cm³/mol. The number of carbonyl (C=O) groups excluding carboxylic acids is 1. The molecule has 116 valence electrons. The van der Waals surface area contributed by atoms with Crippen LogP contribution in [0.5, 0.6) is 0 Å². The van der Waals surface area contributed by atoms with Crippen LogP contribution < -0.4 is 5.32 Å². The Hall–Kier alpha value is -1.30. The number of carboxylic acid groups (broad SMARTS) is 1. The third-order valence-electron chi connectivity index (χ3n) is 4.28. The van der Waals surface area contributed by atoms with E-state index < -0.39 is 12.0 Å². The molecule has 1 fully saturated rings. The van der Waals surface area contributed by atoms with Crippen LogP contribution in [0.2, 0.25) is 0 Å². The second kappa shape index (κ2) is 8.09. The summed E-state index contributed by atoms with van der Waals surface area (Å²) in [6.45, 7) is 1.93. The summed E-state index contributed by atoms with van der Waals surface area (Å²) in [5.74, 6) is -0.362. The van der Waals surface area contributed by atoms with Crippen LogP contribution in [0.4, 0.5) is 4.79 Å². The molecule has 3 N–H and O–H groups in total. The highest BCUT2D eigenvalue weighted by Gasteiger charge is 2.28. The van der Waals surface area contributed by atoms with E-state index in [9.17, 15) is 9.59 Å². The van der Waals surface area contributed by atoms with Gasteiger partial charge in [0.1, 0.15) is 6.04 Å². The minimum Gasteiger partial charge on any atom is -0.480 e. The van der Waals surface area contributed by atoms with Gasteiger partial charge in [-0.05, 0) is 31.6 Å². The van der Waals surface area contributed by atoms with E-state index >= 15 is 0 Å². The van der Waals surface area contributed by atoms with E-state index in [0.717, 1.165) is 31.6 Å². The molecule has 6 heteroatoms. The van der Waals surface area contributed by atoms with Gasteiger partial charge in [0.25, 0.3) is 0 Å². The van der Waals surface area contributed by atoms with Gasteiger partial charge >= 0.3 is 12.0 Å². The number of carbonyl (C=O) groups is 2. The fraction of sp³-hybridized carbons (Fsp3) is 0.857. The molecule has 0 heterocycles. The monoisotopic (exact) mass is 286 g/mol. The van der Waals surface area contributed by atoms with Gasteiger partial charge in [0.2, 0.25) is 0 Å². The first-order valence-electron chi connectivity index (χ1n) is 7.36. The molecule has 1 atom stereocenters. The number of amides is 2. The topological polar surface area (TPSA) is 89.9 Å². The molecule has 0 saturated heterocycles. The Balaban J connectivity index is 2.48. The highest BCUT2D eigenvalue weighted by Crippen LogP contribution is 2.28. The summed E-state index contributed by atoms with van der Waals surface area (Å²) in [7, 11) is 1.71. The van der Waals surface area contributed by atoms with Crippen molar-refractivity contribution >= 4 is 12.0 Å². The van der Waals surface area contributed by atoms with Crippen molar-refractivity contribution in [3.8, 4) is 0 Å². The highest BCUT2D eigenvalue weighted by atomic mass is 16.4. The predicted octanol–water partition coefficient (Wildman–Crippen LogP) is 1.43. The Kier molecular flexibility index (Phi) is 6.78. The first-order valence-corrected chi connectivity index (χ1v) is 7.36. The molecular weight excluding hydrogens is 260 g/mol. The summed E-state index contributed by atoms with van der Waals surface area (Å²) in [5, 5.41) is 20.2. The number of carboxylic acids is 1. The molecule has 2 amide bonds. The Morgan fingerprint density at radius 2 is 1.90 bits per heavy atom. The van der Waals surface area contributed by atoms with Gasteiger partial charge in [-0.15, -0.1) is 0 Å². The van der Waals surface area contributed by atoms with Crippen LogP contribution in [0.1, 0.15) is 45.4 Å². The van der Waals surface area contributed by atoms with Crippen LogP contribution in [-0.2, 0) is 4.79 Å². The third kappa shape index (κ3) is 4.67. The molecular formula is C14H26N2O4. The quantitative estimate of drug-likeness (QED) is 0.689. The van der Waals surface area contributed by atoms with Crippen molar-refractivity contribution in [3.63, 3.8) is 0 Å². The Morgan fingerprint density at radius 1 is 1.30 bits per heavy atom. The van der Waals surface area contributed by atoms with Crippen LogP contribution >= 0.6 is 0 Å². The SMILES string of the molecule is CCC1CCC(N(C)C(=O)N[C@H](CCO)C(=O)O)CC1. The Labute approximate surface area is 120 Å². The van der Waals surface area contributed by atoms with Gasteiger partial charge in [0, 0.05) is 26.1 Å². The van der Waals surface area contributed by atoms with E-state index in [4.69, 9.17) is 10.2 Å². The summed E-state index contributed by atoms with van der Waals surface area (Å²) < 4.78 is 0. The number of aliphatic hydroxyl groups is 1. The van der Waals surface area contributed by atoms with Crippen LogP contribution in [0.25, 0.3) is 0 Å². The molecule has 0 spiro atoms. The van der Waals surface area contributed by atoms with Gasteiger partial charge in [-0.2, -0.15) is 0 Å². The number of urea groups is 1. The number of aliphatic hydroxyl groups excluding tert-OH is 1. The fourth-order valence-electron chi connectivity index (χ4n) is 2.74. The van der Waals surface area contributed by atoms with E-state index in [1.807, 2.05) is 0 Å². The first kappa shape index (κ1) is 16.8. The van der Waals surface area contributed by atoms with Gasteiger partial charge in [0.15, 0.2) is 0 Å². The average molecular weight is 286 g/mol. The minimum absolute atomic E-state index is 0.0253. The molecule has 20 heavy (non-hydrogen) atoms. The maximum Gasteiger partial charge on any atom is 0.326 e. The molecule has 0 aromatic heterocycles. The van der Waals surface area contributed by atoms with Crippen LogP contribution in [0.15, 0.2) is 0 Å². The molecule has 0 aromatic rings. The number of hydrogen-bond donors (Lipinski definition) is 3. The van der Waals surface area contributed by atoms with Gasteiger partial charge in [-0.25, -0.2) is 9.59 Å². The van der Waals surface area contributed by atoms with E-state index in [-0.39, 0.29) is 25.1 Å². The normalized spacial score (nSPS) is 23.9. The maximum absolute atomic E-state index is 12.1. The van der Waals surface area contributed by atoms with Crippen LogP contribution in [0, 0.1) is 5.92 Å². The summed E-state index contributed by atoms with van der Waals surface area (Å²) >= 11 is 0. The fourth-order valence-corrected chi connectivity index (χ4v) is 2.74. The van der Waals surface area contributed by atoms with E-state index in [2.05, 4.69) is 12.2 Å². The average Bonchev–Trinajstić information content (AvgIpc) is 2.45. The molecule has 0 radical (unpaired) electrons. The zero-order valence-electron chi connectivity index (χ0n) is 12.3. The summed E-state index contributed by atoms with van der Waals surface area (Å²) in [6.07, 6.45) is 5.40. The second-order valence-corrected chi connectivity index (χ2v) is 5.55. The zero-order valence-corrected chi connectivity index (χ0v) is 12.3. The van der Waals surface area contributed by atoms with Crippen LogP contribution in [-0.4, -0.2) is 52.9 Å². The Bertz CT molecular complexity index is 327. The van der Waals surface area contributed by atoms with Gasteiger partial charge in [0.05, 0.1) is 0 Å². The van der Waals surface area contributed by atoms with E-state index in [0.29, 0.717) is 0 Å². The lowest BCUT2D eigenvalue weighted by Gasteiger charge is -2.34. The van der Waals surface area contributed by atoms with Crippen molar-refractivity contribution < 1.29 is 19.8 Å². The molecule has 0 bridgehead atoms. The van der Waals surface area contributed by atoms with Crippen molar-refractivity contribution in [1.82, 2.24) is 10.2 Å². The zero-order chi connectivity index (χ0) is 15.1. The lowest BCUT2D eigenvalue weighted by molar-refractivity contribution is -0.139. The van der Waals surface area contributed by atoms with Gasteiger partial charge in [-0.3, -0.25) is 0 Å². The molecule has 1 rings (SSSR count). The van der Waals surface area contributed by atoms with Gasteiger partial charge in [-0.1, -0.05) is 13.3 Å². The minimum atomic E-state index is -1.12. The molecule has 1 saturated carbocycles. The van der Waals surface area contributed by atoms with Crippen molar-refractivity contribution in [1.29, 1.82) is 0 Å². The molecule has 0 aliphatic heterocycles. The number of nitrogens with one attached hydrogen (secondary N) is 1. The van der Waals surface area contributed by atoms with Crippen molar-refractivity contribution in [2.24, 2.45) is 5.92 Å². The Morgan fingerprint density at radius 3 is 2.35 bits per heavy atom. The first-order chi connectivity index (χ1) is 9.49. The highest BCUT2D eigenvalue weighted by molar-refractivity contribution is 5.82. The molecule has 1 aliphatic rings. The molecule has 0 unspecified atom stereocenters. The standard InChI is InChI=1S/C14H26N2O4/c1-3-10-4-6-11(7-5-10)16(2)14(20)15-12(8-9-17)13(18)19/h10-12,17H,3-9H2,1-2H3,(H,15,20)(H,18,19)/t10?,11?,12-/m1/s1. The number of rotatable bonds is 6. The maximum atomic E-state index is 12.1. The number of hydrogen-bond acceptors (Lipinski definition) is 3.